The third kappa shape index (κ3) is 6.58. The average molecular weight is 452 g/mol. The zero-order chi connectivity index (χ0) is 22.8. The molecule has 2 amide bonds. The lowest BCUT2D eigenvalue weighted by atomic mass is 10.2. The lowest BCUT2D eigenvalue weighted by Gasteiger charge is -2.13. The monoisotopic (exact) mass is 451 g/mol. The number of hydrazone groups is 1. The quantitative estimate of drug-likeness (QED) is 0.370. The van der Waals surface area contributed by atoms with Crippen LogP contribution in [0.1, 0.15) is 22.8 Å². The van der Waals surface area contributed by atoms with E-state index in [1.807, 2.05) is 13.0 Å². The van der Waals surface area contributed by atoms with E-state index in [1.165, 1.54) is 6.21 Å². The molecule has 0 saturated heterocycles. The first kappa shape index (κ1) is 22.8. The van der Waals surface area contributed by atoms with Crippen molar-refractivity contribution in [1.82, 2.24) is 5.43 Å². The van der Waals surface area contributed by atoms with Gasteiger partial charge in [-0.2, -0.15) is 5.10 Å². The molecule has 164 valence electrons. The molecule has 0 aromatic heterocycles. The van der Waals surface area contributed by atoms with Crippen LogP contribution in [0.25, 0.3) is 0 Å². The molecule has 3 rings (SSSR count). The van der Waals surface area contributed by atoms with Gasteiger partial charge in [0.2, 0.25) is 0 Å². The zero-order valence-electron chi connectivity index (χ0n) is 17.4. The smallest absolute Gasteiger partial charge is 0.271 e. The first-order valence-corrected chi connectivity index (χ1v) is 10.3. The predicted molar refractivity (Wildman–Crippen MR) is 125 cm³/mol. The number of carbonyl (C=O) groups is 2. The van der Waals surface area contributed by atoms with E-state index in [9.17, 15) is 9.59 Å². The molecule has 3 aromatic carbocycles. The molecule has 32 heavy (non-hydrogen) atoms. The molecule has 0 unspecified atom stereocenters. The second-order valence-corrected chi connectivity index (χ2v) is 6.93. The normalized spacial score (nSPS) is 10.6. The minimum absolute atomic E-state index is 0.216. The number of para-hydroxylation sites is 1. The van der Waals surface area contributed by atoms with E-state index >= 15 is 0 Å². The van der Waals surface area contributed by atoms with Crippen molar-refractivity contribution in [3.63, 3.8) is 0 Å². The number of nitrogens with zero attached hydrogens (tertiary/aromatic N) is 1. The number of amides is 2. The number of hydrogen-bond donors (Lipinski definition) is 2. The molecule has 0 aliphatic rings. The minimum Gasteiger partial charge on any atom is -0.490 e. The highest BCUT2D eigenvalue weighted by atomic mass is 35.5. The zero-order valence-corrected chi connectivity index (χ0v) is 18.1. The van der Waals surface area contributed by atoms with Crippen LogP contribution in [0.3, 0.4) is 0 Å². The summed E-state index contributed by atoms with van der Waals surface area (Å²) in [6.07, 6.45) is 1.50. The molecule has 0 spiro atoms. The Bertz CT molecular complexity index is 1100. The Morgan fingerprint density at radius 1 is 0.969 bits per heavy atom. The topological polar surface area (TPSA) is 89.0 Å². The summed E-state index contributed by atoms with van der Waals surface area (Å²) in [5, 5.41) is 7.12. The molecule has 0 bridgehead atoms. The van der Waals surface area contributed by atoms with Gasteiger partial charge in [0, 0.05) is 5.56 Å². The molecular weight excluding hydrogens is 430 g/mol. The van der Waals surface area contributed by atoms with E-state index in [2.05, 4.69) is 15.8 Å². The van der Waals surface area contributed by atoms with Gasteiger partial charge >= 0.3 is 0 Å². The Hall–Kier alpha value is -3.84. The van der Waals surface area contributed by atoms with Crippen LogP contribution < -0.4 is 20.2 Å². The van der Waals surface area contributed by atoms with Gasteiger partial charge in [0.1, 0.15) is 0 Å². The number of nitrogens with one attached hydrogen (secondary N) is 2. The first-order chi connectivity index (χ1) is 15.6. The Morgan fingerprint density at radius 2 is 1.72 bits per heavy atom. The Morgan fingerprint density at radius 3 is 2.47 bits per heavy atom. The van der Waals surface area contributed by atoms with Crippen molar-refractivity contribution in [3.05, 3.63) is 88.9 Å². The molecule has 0 heterocycles. The predicted octanol–water partition coefficient (Wildman–Crippen LogP) is 4.52. The van der Waals surface area contributed by atoms with Gasteiger partial charge in [-0.25, -0.2) is 5.43 Å². The highest BCUT2D eigenvalue weighted by molar-refractivity contribution is 6.33. The maximum absolute atomic E-state index is 12.2. The van der Waals surface area contributed by atoms with Crippen LogP contribution in [0, 0.1) is 0 Å². The van der Waals surface area contributed by atoms with Gasteiger partial charge < -0.3 is 14.8 Å². The summed E-state index contributed by atoms with van der Waals surface area (Å²) < 4.78 is 11.2. The molecule has 0 aliphatic heterocycles. The fourth-order valence-electron chi connectivity index (χ4n) is 2.70. The van der Waals surface area contributed by atoms with Crippen molar-refractivity contribution in [2.24, 2.45) is 5.10 Å². The molecule has 0 radical (unpaired) electrons. The first-order valence-electron chi connectivity index (χ1n) is 9.89. The Balaban J connectivity index is 1.60. The standard InChI is InChI=1S/C24H22ClN3O4/c1-2-31-22-14-17(15-26-28-24(30)18-8-4-3-5-9-18)12-13-21(22)32-16-23(29)27-20-11-7-6-10-19(20)25/h3-15H,2,16H2,1H3,(H,27,29)(H,28,30)/b26-15+. The van der Waals surface area contributed by atoms with E-state index < -0.39 is 0 Å². The summed E-state index contributed by atoms with van der Waals surface area (Å²) in [6, 6.07) is 20.9. The van der Waals surface area contributed by atoms with Gasteiger partial charge in [-0.05, 0) is 55.0 Å². The van der Waals surface area contributed by atoms with Crippen LogP contribution in [0.2, 0.25) is 5.02 Å². The van der Waals surface area contributed by atoms with E-state index in [-0.39, 0.29) is 18.4 Å². The molecule has 2 N–H and O–H groups in total. The van der Waals surface area contributed by atoms with Crippen molar-refractivity contribution in [1.29, 1.82) is 0 Å². The summed E-state index contributed by atoms with van der Waals surface area (Å²) in [5.74, 6) is 0.203. The second kappa shape index (κ2) is 11.5. The van der Waals surface area contributed by atoms with Gasteiger partial charge in [-0.15, -0.1) is 0 Å². The Labute approximate surface area is 191 Å². The SMILES string of the molecule is CCOc1cc(/C=N/NC(=O)c2ccccc2)ccc1OCC(=O)Nc1ccccc1Cl. The third-order valence-corrected chi connectivity index (χ3v) is 4.52. The average Bonchev–Trinajstić information content (AvgIpc) is 2.81. The van der Waals surface area contributed by atoms with E-state index in [0.717, 1.165) is 0 Å². The number of rotatable bonds is 9. The van der Waals surface area contributed by atoms with E-state index in [0.29, 0.717) is 39.9 Å². The number of benzene rings is 3. The summed E-state index contributed by atoms with van der Waals surface area (Å²) in [4.78, 5) is 24.2. The highest BCUT2D eigenvalue weighted by Gasteiger charge is 2.10. The van der Waals surface area contributed by atoms with Crippen molar-refractivity contribution >= 4 is 35.3 Å². The van der Waals surface area contributed by atoms with Crippen molar-refractivity contribution in [2.45, 2.75) is 6.92 Å². The van der Waals surface area contributed by atoms with Gasteiger partial charge in [0.15, 0.2) is 18.1 Å². The third-order valence-electron chi connectivity index (χ3n) is 4.19. The van der Waals surface area contributed by atoms with Gasteiger partial charge in [-0.1, -0.05) is 41.9 Å². The summed E-state index contributed by atoms with van der Waals surface area (Å²) in [7, 11) is 0. The van der Waals surface area contributed by atoms with Crippen molar-refractivity contribution < 1.29 is 19.1 Å². The highest BCUT2D eigenvalue weighted by Crippen LogP contribution is 2.28. The van der Waals surface area contributed by atoms with E-state index in [1.54, 1.807) is 66.7 Å². The fourth-order valence-corrected chi connectivity index (χ4v) is 2.89. The number of carbonyl (C=O) groups excluding carboxylic acids is 2. The minimum atomic E-state index is -0.352. The molecule has 0 saturated carbocycles. The number of halogens is 1. The molecule has 7 nitrogen and oxygen atoms in total. The van der Waals surface area contributed by atoms with Crippen LogP contribution >= 0.6 is 11.6 Å². The van der Waals surface area contributed by atoms with Gasteiger partial charge in [-0.3, -0.25) is 9.59 Å². The van der Waals surface area contributed by atoms with Crippen LogP contribution in [-0.4, -0.2) is 31.2 Å². The maximum Gasteiger partial charge on any atom is 0.271 e. The summed E-state index contributed by atoms with van der Waals surface area (Å²) >= 11 is 6.05. The van der Waals surface area contributed by atoms with Crippen LogP contribution in [0.15, 0.2) is 77.9 Å². The lowest BCUT2D eigenvalue weighted by Crippen LogP contribution is -2.20. The van der Waals surface area contributed by atoms with Crippen LogP contribution in [0.4, 0.5) is 5.69 Å². The molecule has 0 atom stereocenters. The Kier molecular flexibility index (Phi) is 8.22. The van der Waals surface area contributed by atoms with Gasteiger partial charge in [0.05, 0.1) is 23.5 Å². The number of anilines is 1. The maximum atomic E-state index is 12.2. The molecule has 0 fully saturated rings. The van der Waals surface area contributed by atoms with Crippen LogP contribution in [-0.2, 0) is 4.79 Å². The number of ether oxygens (including phenoxy) is 2. The fraction of sp³-hybridized carbons (Fsp3) is 0.125. The van der Waals surface area contributed by atoms with E-state index in [4.69, 9.17) is 21.1 Å². The van der Waals surface area contributed by atoms with Crippen LogP contribution in [0.5, 0.6) is 11.5 Å². The largest absolute Gasteiger partial charge is 0.490 e. The molecular formula is C24H22ClN3O4. The summed E-state index contributed by atoms with van der Waals surface area (Å²) in [5.41, 5.74) is 4.19. The van der Waals surface area contributed by atoms with Gasteiger partial charge in [0.25, 0.3) is 11.8 Å². The number of hydrogen-bond acceptors (Lipinski definition) is 5. The lowest BCUT2D eigenvalue weighted by molar-refractivity contribution is -0.118. The summed E-state index contributed by atoms with van der Waals surface area (Å²) in [6.45, 7) is 2.04. The second-order valence-electron chi connectivity index (χ2n) is 6.52. The molecule has 8 heteroatoms. The molecule has 3 aromatic rings. The van der Waals surface area contributed by atoms with Crippen molar-refractivity contribution in [3.8, 4) is 11.5 Å². The van der Waals surface area contributed by atoms with Crippen molar-refractivity contribution in [2.75, 3.05) is 18.5 Å². The molecule has 0 aliphatic carbocycles.